The number of para-hydroxylation sites is 2. The molecule has 9 rings (SSSR count). The topological polar surface area (TPSA) is 83.6 Å². The first-order valence-corrected chi connectivity index (χ1v) is 19.4. The summed E-state index contributed by atoms with van der Waals surface area (Å²) in [6.45, 7) is 5.39. The van der Waals surface area contributed by atoms with Gasteiger partial charge in [0.1, 0.15) is 19.0 Å². The van der Waals surface area contributed by atoms with Gasteiger partial charge in [0.25, 0.3) is 11.8 Å². The molecular formula is C45H43N4O5SY-. The van der Waals surface area contributed by atoms with E-state index in [1.54, 1.807) is 13.2 Å². The number of fused-ring (bicyclic) bond motifs is 8. The number of nitrogens with zero attached hydrogens (tertiary/aromatic N) is 3. The van der Waals surface area contributed by atoms with Gasteiger partial charge in [0, 0.05) is 68.4 Å². The van der Waals surface area contributed by atoms with Crippen LogP contribution in [0.25, 0.3) is 0 Å². The molecule has 9 nitrogen and oxygen atoms in total. The quantitative estimate of drug-likeness (QED) is 0.116. The van der Waals surface area contributed by atoms with Crippen molar-refractivity contribution in [3.8, 4) is 17.2 Å². The fourth-order valence-corrected chi connectivity index (χ4v) is 8.83. The Morgan fingerprint density at radius 1 is 0.750 bits per heavy atom. The van der Waals surface area contributed by atoms with E-state index in [2.05, 4.69) is 54.8 Å². The number of ether oxygens (including phenoxy) is 3. The minimum Gasteiger partial charge on any atom is -0.522 e. The first-order chi connectivity index (χ1) is 26.8. The maximum absolute atomic E-state index is 14.0. The van der Waals surface area contributed by atoms with Gasteiger partial charge in [-0.25, -0.2) is 6.54 Å². The molecule has 2 atom stereocenters. The Bertz CT molecular complexity index is 2350. The SMILES string of the molecule is COc1cc2c(cc1OCc1cc(CCS)cc(COc3cc4c(cc3C)C(=O)N3c5ccccc5C[C@H]3CN4)c1)N(C)[CH-][C@@H]1Cc3ccccc3N1C2=O.[Y]. The minimum atomic E-state index is -0.0721. The molecule has 0 bridgehead atoms. The number of anilines is 4. The molecule has 1 radical (unpaired) electrons. The van der Waals surface area contributed by atoms with Crippen LogP contribution < -0.4 is 34.2 Å². The number of amides is 2. The van der Waals surface area contributed by atoms with Gasteiger partial charge < -0.3 is 34.2 Å². The molecule has 11 heteroatoms. The van der Waals surface area contributed by atoms with Gasteiger partial charge in [0.05, 0.1) is 30.0 Å². The number of methoxy groups -OCH3 is 1. The van der Waals surface area contributed by atoms with E-state index >= 15 is 0 Å². The van der Waals surface area contributed by atoms with Gasteiger partial charge in [0.2, 0.25) is 0 Å². The third-order valence-corrected chi connectivity index (χ3v) is 11.4. The predicted molar refractivity (Wildman–Crippen MR) is 220 cm³/mol. The number of carbonyl (C=O) groups is 2. The van der Waals surface area contributed by atoms with E-state index in [4.69, 9.17) is 14.2 Å². The molecule has 5 aromatic carbocycles. The number of hydrogen-bond acceptors (Lipinski definition) is 8. The molecule has 0 saturated heterocycles. The summed E-state index contributed by atoms with van der Waals surface area (Å²) in [6.07, 6.45) is 2.40. The summed E-state index contributed by atoms with van der Waals surface area (Å²) in [7, 11) is 3.57. The molecule has 2 amide bonds. The maximum Gasteiger partial charge on any atom is 0.260 e. The van der Waals surface area contributed by atoms with Crippen molar-refractivity contribution in [3.05, 3.63) is 142 Å². The third-order valence-electron chi connectivity index (χ3n) is 11.2. The standard InChI is InChI=1S/C45H43N4O5S.Y/c1-27-14-35-37(46-23-33-18-31-8-4-6-10-38(31)48(33)44(35)50)21-41(27)53-25-29-15-28(12-13-55)16-30(17-29)26-54-43-22-40-36(20-42(43)52-3)45(51)49-34(24-47(40)2)19-32-9-5-7-11-39(32)49;/h4-11,14-17,20-22,24,33-34,46,55H,12-13,18-19,23,25-26H2,1-3H3;/q-1;/t33-,34-;/m0./s1. The molecule has 5 aromatic rings. The second kappa shape index (κ2) is 15.8. The summed E-state index contributed by atoms with van der Waals surface area (Å²) in [5.41, 5.74) is 11.1. The van der Waals surface area contributed by atoms with Gasteiger partial charge in [-0.3, -0.25) is 9.59 Å². The van der Waals surface area contributed by atoms with Crippen LogP contribution in [0, 0.1) is 13.5 Å². The summed E-state index contributed by atoms with van der Waals surface area (Å²) in [5.74, 6) is 2.44. The minimum absolute atomic E-state index is 0. The van der Waals surface area contributed by atoms with Crippen molar-refractivity contribution in [2.75, 3.05) is 46.5 Å². The number of aryl methyl sites for hydroxylation is 2. The van der Waals surface area contributed by atoms with Crippen molar-refractivity contribution in [1.82, 2.24) is 0 Å². The van der Waals surface area contributed by atoms with Crippen LogP contribution in [0.4, 0.5) is 22.7 Å². The molecule has 0 fully saturated rings. The monoisotopic (exact) mass is 840 g/mol. The van der Waals surface area contributed by atoms with Gasteiger partial charge in [-0.2, -0.15) is 12.6 Å². The van der Waals surface area contributed by atoms with Crippen LogP contribution in [0.1, 0.15) is 54.1 Å². The van der Waals surface area contributed by atoms with Gasteiger partial charge in [-0.05, 0) is 103 Å². The van der Waals surface area contributed by atoms with Crippen molar-refractivity contribution in [3.63, 3.8) is 0 Å². The maximum atomic E-state index is 14.0. The smallest absolute Gasteiger partial charge is 0.260 e. The molecule has 283 valence electrons. The molecule has 1 N–H and O–H groups in total. The largest absolute Gasteiger partial charge is 0.522 e. The van der Waals surface area contributed by atoms with E-state index in [1.807, 2.05) is 83.3 Å². The second-order valence-electron chi connectivity index (χ2n) is 14.8. The van der Waals surface area contributed by atoms with E-state index in [0.717, 1.165) is 70.0 Å². The number of likely N-dealkylation sites (N-methyl/N-ethyl adjacent to an activating group) is 1. The Labute approximate surface area is 358 Å². The number of thiol groups is 1. The van der Waals surface area contributed by atoms with E-state index in [-0.39, 0.29) is 63.2 Å². The molecule has 4 heterocycles. The van der Waals surface area contributed by atoms with Gasteiger partial charge in [-0.15, -0.1) is 0 Å². The van der Waals surface area contributed by atoms with Crippen LogP contribution in [0.2, 0.25) is 0 Å². The van der Waals surface area contributed by atoms with Crippen LogP contribution >= 0.6 is 12.6 Å². The Balaban J connectivity index is 0.00000441. The van der Waals surface area contributed by atoms with Crippen LogP contribution in [-0.4, -0.2) is 50.4 Å². The summed E-state index contributed by atoms with van der Waals surface area (Å²) in [5, 5.41) is 3.54. The van der Waals surface area contributed by atoms with Crippen molar-refractivity contribution >= 4 is 47.2 Å². The molecular weight excluding hydrogens is 797 g/mol. The van der Waals surface area contributed by atoms with E-state index in [9.17, 15) is 9.59 Å². The van der Waals surface area contributed by atoms with Crippen LogP contribution in [0.5, 0.6) is 17.2 Å². The zero-order valence-electron chi connectivity index (χ0n) is 31.7. The van der Waals surface area contributed by atoms with E-state index < -0.39 is 0 Å². The van der Waals surface area contributed by atoms with Gasteiger partial charge in [-0.1, -0.05) is 54.6 Å². The summed E-state index contributed by atoms with van der Waals surface area (Å²) >= 11 is 4.51. The van der Waals surface area contributed by atoms with Gasteiger partial charge in [0.15, 0.2) is 11.5 Å². The molecule has 4 aliphatic heterocycles. The van der Waals surface area contributed by atoms with Crippen molar-refractivity contribution in [2.24, 2.45) is 0 Å². The van der Waals surface area contributed by atoms with Crippen LogP contribution in [0.3, 0.4) is 0 Å². The first kappa shape index (κ1) is 38.4. The molecule has 0 unspecified atom stereocenters. The third kappa shape index (κ3) is 6.94. The van der Waals surface area contributed by atoms with Crippen molar-refractivity contribution in [2.45, 2.75) is 51.5 Å². The average molecular weight is 841 g/mol. The first-order valence-electron chi connectivity index (χ1n) is 18.8. The molecule has 56 heavy (non-hydrogen) atoms. The Morgan fingerprint density at radius 3 is 2.11 bits per heavy atom. The van der Waals surface area contributed by atoms with Crippen molar-refractivity contribution in [1.29, 1.82) is 0 Å². The van der Waals surface area contributed by atoms with Crippen LogP contribution in [-0.2, 0) is 65.2 Å². The Morgan fingerprint density at radius 2 is 1.39 bits per heavy atom. The summed E-state index contributed by atoms with van der Waals surface area (Å²) in [4.78, 5) is 33.8. The molecule has 0 aliphatic carbocycles. The fourth-order valence-electron chi connectivity index (χ4n) is 8.57. The Kier molecular flexibility index (Phi) is 10.8. The number of rotatable bonds is 9. The fraction of sp³-hybridized carbons (Fsp3) is 0.267. The number of hydrogen-bond donors (Lipinski definition) is 2. The second-order valence-corrected chi connectivity index (χ2v) is 15.2. The number of carbonyl (C=O) groups excluding carboxylic acids is 2. The average Bonchev–Trinajstić information content (AvgIpc) is 3.69. The van der Waals surface area contributed by atoms with Gasteiger partial charge >= 0.3 is 0 Å². The molecule has 0 spiro atoms. The molecule has 0 aromatic heterocycles. The zero-order valence-corrected chi connectivity index (χ0v) is 35.5. The summed E-state index contributed by atoms with van der Waals surface area (Å²) < 4.78 is 18.7. The van der Waals surface area contributed by atoms with Crippen LogP contribution in [0.15, 0.2) is 91.0 Å². The Hall–Kier alpha value is -4.51. The van der Waals surface area contributed by atoms with Crippen molar-refractivity contribution < 1.29 is 56.5 Å². The van der Waals surface area contributed by atoms with E-state index in [1.165, 1.54) is 11.1 Å². The number of benzene rings is 5. The normalized spacial score (nSPS) is 17.6. The molecule has 0 saturated carbocycles. The van der Waals surface area contributed by atoms with E-state index in [0.29, 0.717) is 41.5 Å². The number of nitrogens with one attached hydrogen (secondary N) is 1. The zero-order chi connectivity index (χ0) is 37.8. The predicted octanol–water partition coefficient (Wildman–Crippen LogP) is 7.81. The summed E-state index contributed by atoms with van der Waals surface area (Å²) in [6, 6.07) is 30.3. The molecule has 4 aliphatic rings.